The Morgan fingerprint density at radius 2 is 1.50 bits per heavy atom. The summed E-state index contributed by atoms with van der Waals surface area (Å²) in [5, 5.41) is 9.57. The molecule has 0 spiro atoms. The summed E-state index contributed by atoms with van der Waals surface area (Å²) in [7, 11) is 2.99. The fourth-order valence-corrected chi connectivity index (χ4v) is 1.62. The van der Waals surface area contributed by atoms with E-state index in [9.17, 15) is 9.50 Å². The highest BCUT2D eigenvalue weighted by molar-refractivity contribution is 5.48. The van der Waals surface area contributed by atoms with E-state index in [1.54, 1.807) is 19.1 Å². The molecule has 1 aromatic carbocycles. The number of aliphatic hydroxyl groups excluding tert-OH is 1. The van der Waals surface area contributed by atoms with Crippen LogP contribution in [0.1, 0.15) is 37.3 Å². The Labute approximate surface area is 94.8 Å². The van der Waals surface area contributed by atoms with Crippen molar-refractivity contribution in [1.29, 1.82) is 0 Å². The van der Waals surface area contributed by atoms with Gasteiger partial charge in [-0.15, -0.1) is 0 Å². The average molecular weight is 228 g/mol. The summed E-state index contributed by atoms with van der Waals surface area (Å²) in [6.07, 6.45) is -1.91. The van der Waals surface area contributed by atoms with Gasteiger partial charge in [0.1, 0.15) is 6.17 Å². The molecule has 0 aliphatic carbocycles. The summed E-state index contributed by atoms with van der Waals surface area (Å²) >= 11 is 0. The van der Waals surface area contributed by atoms with Crippen LogP contribution >= 0.6 is 0 Å². The van der Waals surface area contributed by atoms with Crippen molar-refractivity contribution >= 4 is 0 Å². The number of benzene rings is 1. The van der Waals surface area contributed by atoms with E-state index in [0.717, 1.165) is 0 Å². The van der Waals surface area contributed by atoms with E-state index in [-0.39, 0.29) is 0 Å². The van der Waals surface area contributed by atoms with Crippen LogP contribution < -0.4 is 9.47 Å². The van der Waals surface area contributed by atoms with Gasteiger partial charge in [-0.25, -0.2) is 4.39 Å². The first-order valence-corrected chi connectivity index (χ1v) is 5.09. The molecule has 1 N–H and O–H groups in total. The molecule has 0 saturated heterocycles. The van der Waals surface area contributed by atoms with Crippen molar-refractivity contribution in [2.45, 2.75) is 26.1 Å². The Morgan fingerprint density at radius 3 is 1.81 bits per heavy atom. The minimum Gasteiger partial charge on any atom is -0.493 e. The van der Waals surface area contributed by atoms with Crippen molar-refractivity contribution in [3.05, 3.63) is 23.3 Å². The average Bonchev–Trinajstić information content (AvgIpc) is 2.26. The van der Waals surface area contributed by atoms with E-state index < -0.39 is 12.3 Å². The minimum atomic E-state index is -1.16. The smallest absolute Gasteiger partial charge is 0.161 e. The van der Waals surface area contributed by atoms with Gasteiger partial charge in [0, 0.05) is 0 Å². The molecule has 1 aromatic rings. The standard InChI is InChI=1S/C12H17FO3/c1-7(13)9-5-11(15-3)12(16-4)6-10(9)8(2)14/h5-8,14H,1-4H3. The Kier molecular flexibility index (Phi) is 4.12. The first kappa shape index (κ1) is 12.8. The summed E-state index contributed by atoms with van der Waals surface area (Å²) in [6.45, 7) is 3.01. The molecule has 0 radical (unpaired) electrons. The second kappa shape index (κ2) is 5.16. The number of hydrogen-bond acceptors (Lipinski definition) is 3. The van der Waals surface area contributed by atoms with Gasteiger partial charge >= 0.3 is 0 Å². The SMILES string of the molecule is COc1cc(C(C)O)c(C(C)F)cc1OC. The molecule has 90 valence electrons. The van der Waals surface area contributed by atoms with Gasteiger partial charge < -0.3 is 14.6 Å². The van der Waals surface area contributed by atoms with Gasteiger partial charge in [-0.2, -0.15) is 0 Å². The molecule has 1 rings (SSSR count). The first-order chi connectivity index (χ1) is 7.51. The van der Waals surface area contributed by atoms with Crippen LogP contribution in [0, 0.1) is 0 Å². The minimum absolute atomic E-state index is 0.424. The highest BCUT2D eigenvalue weighted by atomic mass is 19.1. The lowest BCUT2D eigenvalue weighted by Crippen LogP contribution is -2.02. The molecular formula is C12H17FO3. The van der Waals surface area contributed by atoms with Gasteiger partial charge in [0.15, 0.2) is 11.5 Å². The number of rotatable bonds is 4. The molecule has 4 heteroatoms. The predicted octanol–water partition coefficient (Wildman–Crippen LogP) is 2.79. The predicted molar refractivity (Wildman–Crippen MR) is 59.7 cm³/mol. The first-order valence-electron chi connectivity index (χ1n) is 5.09. The van der Waals surface area contributed by atoms with Crippen LogP contribution in [0.25, 0.3) is 0 Å². The lowest BCUT2D eigenvalue weighted by Gasteiger charge is -2.17. The number of ether oxygens (including phenoxy) is 2. The molecule has 0 heterocycles. The normalized spacial score (nSPS) is 14.4. The molecule has 0 amide bonds. The monoisotopic (exact) mass is 228 g/mol. The van der Waals surface area contributed by atoms with Gasteiger partial charge in [0.25, 0.3) is 0 Å². The quantitative estimate of drug-likeness (QED) is 0.861. The maximum absolute atomic E-state index is 13.4. The van der Waals surface area contributed by atoms with Gasteiger partial charge in [-0.3, -0.25) is 0 Å². The number of alkyl halides is 1. The summed E-state index contributed by atoms with van der Waals surface area (Å²) in [4.78, 5) is 0. The van der Waals surface area contributed by atoms with E-state index in [4.69, 9.17) is 9.47 Å². The highest BCUT2D eigenvalue weighted by Crippen LogP contribution is 2.36. The third-order valence-electron chi connectivity index (χ3n) is 2.47. The zero-order valence-electron chi connectivity index (χ0n) is 9.95. The molecule has 0 aliphatic heterocycles. The van der Waals surface area contributed by atoms with Crippen molar-refractivity contribution < 1.29 is 19.0 Å². The maximum atomic E-state index is 13.4. The number of halogens is 1. The van der Waals surface area contributed by atoms with Gasteiger partial charge in [-0.05, 0) is 37.1 Å². The topological polar surface area (TPSA) is 38.7 Å². The zero-order chi connectivity index (χ0) is 12.3. The zero-order valence-corrected chi connectivity index (χ0v) is 9.95. The third-order valence-corrected chi connectivity index (χ3v) is 2.47. The molecule has 2 unspecified atom stereocenters. The van der Waals surface area contributed by atoms with Crippen LogP contribution in [0.15, 0.2) is 12.1 Å². The van der Waals surface area contributed by atoms with Gasteiger partial charge in [0.2, 0.25) is 0 Å². The van der Waals surface area contributed by atoms with Crippen LogP contribution in [-0.2, 0) is 0 Å². The molecule has 3 nitrogen and oxygen atoms in total. The molecule has 0 aliphatic rings. The van der Waals surface area contributed by atoms with Crippen molar-refractivity contribution in [3.63, 3.8) is 0 Å². The number of hydrogen-bond donors (Lipinski definition) is 1. The molecular weight excluding hydrogens is 211 g/mol. The van der Waals surface area contributed by atoms with Crippen LogP contribution in [0.2, 0.25) is 0 Å². The second-order valence-corrected chi connectivity index (χ2v) is 3.63. The van der Waals surface area contributed by atoms with Crippen molar-refractivity contribution in [3.8, 4) is 11.5 Å². The Hall–Kier alpha value is -1.29. The number of aliphatic hydroxyl groups is 1. The summed E-state index contributed by atoms with van der Waals surface area (Å²) in [6, 6.07) is 3.17. The van der Waals surface area contributed by atoms with Gasteiger partial charge in [-0.1, -0.05) is 0 Å². The van der Waals surface area contributed by atoms with Crippen LogP contribution in [0.3, 0.4) is 0 Å². The van der Waals surface area contributed by atoms with Crippen LogP contribution in [0.5, 0.6) is 11.5 Å². The van der Waals surface area contributed by atoms with Crippen LogP contribution in [0.4, 0.5) is 4.39 Å². The van der Waals surface area contributed by atoms with E-state index in [0.29, 0.717) is 22.6 Å². The van der Waals surface area contributed by atoms with E-state index in [1.165, 1.54) is 21.1 Å². The molecule has 0 bridgehead atoms. The molecule has 2 atom stereocenters. The van der Waals surface area contributed by atoms with E-state index in [2.05, 4.69) is 0 Å². The fraction of sp³-hybridized carbons (Fsp3) is 0.500. The molecule has 0 fully saturated rings. The highest BCUT2D eigenvalue weighted by Gasteiger charge is 2.18. The van der Waals surface area contributed by atoms with Crippen LogP contribution in [-0.4, -0.2) is 19.3 Å². The molecule has 0 aromatic heterocycles. The van der Waals surface area contributed by atoms with Gasteiger partial charge in [0.05, 0.1) is 20.3 Å². The molecule has 0 saturated carbocycles. The summed E-state index contributed by atoms with van der Waals surface area (Å²) in [5.74, 6) is 0.953. The third kappa shape index (κ3) is 2.44. The fourth-order valence-electron chi connectivity index (χ4n) is 1.62. The summed E-state index contributed by atoms with van der Waals surface area (Å²) in [5.41, 5.74) is 0.945. The second-order valence-electron chi connectivity index (χ2n) is 3.63. The Bertz CT molecular complexity index is 327. The largest absolute Gasteiger partial charge is 0.493 e. The van der Waals surface area contributed by atoms with E-state index >= 15 is 0 Å². The van der Waals surface area contributed by atoms with Crippen molar-refractivity contribution in [2.24, 2.45) is 0 Å². The lowest BCUT2D eigenvalue weighted by atomic mass is 9.99. The maximum Gasteiger partial charge on any atom is 0.161 e. The van der Waals surface area contributed by atoms with E-state index in [1.807, 2.05) is 0 Å². The van der Waals surface area contributed by atoms with Crippen molar-refractivity contribution in [1.82, 2.24) is 0 Å². The molecule has 16 heavy (non-hydrogen) atoms. The Morgan fingerprint density at radius 1 is 1.06 bits per heavy atom. The Balaban J connectivity index is 3.35. The lowest BCUT2D eigenvalue weighted by molar-refractivity contribution is 0.194. The van der Waals surface area contributed by atoms with Crippen molar-refractivity contribution in [2.75, 3.05) is 14.2 Å². The number of methoxy groups -OCH3 is 2. The summed E-state index contributed by atoms with van der Waals surface area (Å²) < 4.78 is 23.6.